The van der Waals surface area contributed by atoms with Crippen molar-refractivity contribution in [2.75, 3.05) is 45.9 Å². The number of carbonyl (C=O) groups is 2. The fraction of sp³-hybridized carbons (Fsp3) is 0.724. The molecule has 1 aromatic rings. The summed E-state index contributed by atoms with van der Waals surface area (Å²) in [4.78, 5) is 29.4. The van der Waals surface area contributed by atoms with E-state index in [0.717, 1.165) is 53.7 Å². The van der Waals surface area contributed by atoms with Gasteiger partial charge in [-0.1, -0.05) is 30.9 Å². The molecule has 206 valence electrons. The van der Waals surface area contributed by atoms with Crippen molar-refractivity contribution in [2.45, 2.75) is 83.8 Å². The van der Waals surface area contributed by atoms with E-state index in [4.69, 9.17) is 21.1 Å². The van der Waals surface area contributed by atoms with Gasteiger partial charge in [-0.15, -0.1) is 0 Å². The molecule has 2 saturated heterocycles. The van der Waals surface area contributed by atoms with Crippen molar-refractivity contribution in [3.63, 3.8) is 0 Å². The monoisotopic (exact) mass is 533 g/mol. The Balaban J connectivity index is 1.44. The summed E-state index contributed by atoms with van der Waals surface area (Å²) in [6.45, 7) is 10.4. The van der Waals surface area contributed by atoms with Gasteiger partial charge in [-0.3, -0.25) is 14.5 Å². The lowest BCUT2D eigenvalue weighted by Gasteiger charge is -2.44. The fourth-order valence-electron chi connectivity index (χ4n) is 6.21. The first-order valence-corrected chi connectivity index (χ1v) is 14.4. The Labute approximate surface area is 227 Å². The molecule has 8 heteroatoms. The summed E-state index contributed by atoms with van der Waals surface area (Å²) in [6, 6.07) is 4.06. The number of likely N-dealkylation sites (tertiary alicyclic amines) is 1. The van der Waals surface area contributed by atoms with Crippen LogP contribution in [-0.2, 0) is 14.3 Å². The molecule has 37 heavy (non-hydrogen) atoms. The largest absolute Gasteiger partial charge is 0.490 e. The zero-order valence-electron chi connectivity index (χ0n) is 22.8. The van der Waals surface area contributed by atoms with Crippen LogP contribution in [0.4, 0.5) is 0 Å². The van der Waals surface area contributed by atoms with Crippen LogP contribution in [0, 0.1) is 19.8 Å². The van der Waals surface area contributed by atoms with Crippen LogP contribution in [0.15, 0.2) is 12.1 Å². The molecule has 0 radical (unpaired) electrons. The van der Waals surface area contributed by atoms with Crippen molar-refractivity contribution in [2.24, 2.45) is 5.92 Å². The highest BCUT2D eigenvalue weighted by atomic mass is 35.5. The summed E-state index contributed by atoms with van der Waals surface area (Å²) >= 11 is 6.37. The number of piperidine rings is 1. The quantitative estimate of drug-likeness (QED) is 0.532. The molecule has 1 unspecified atom stereocenters. The molecular weight excluding hydrogens is 490 g/mol. The number of halogens is 1. The fourth-order valence-corrected chi connectivity index (χ4v) is 6.32. The van der Waals surface area contributed by atoms with Crippen molar-refractivity contribution in [3.05, 3.63) is 28.3 Å². The third kappa shape index (κ3) is 7.84. The number of amides is 2. The van der Waals surface area contributed by atoms with E-state index in [-0.39, 0.29) is 17.9 Å². The van der Waals surface area contributed by atoms with Crippen LogP contribution in [0.5, 0.6) is 5.75 Å². The molecule has 0 aromatic heterocycles. The third-order valence-corrected chi connectivity index (χ3v) is 8.81. The van der Waals surface area contributed by atoms with Gasteiger partial charge < -0.3 is 19.7 Å². The van der Waals surface area contributed by atoms with Crippen molar-refractivity contribution >= 4 is 23.4 Å². The van der Waals surface area contributed by atoms with Crippen LogP contribution in [0.25, 0.3) is 0 Å². The molecule has 4 rings (SSSR count). The van der Waals surface area contributed by atoms with Crippen LogP contribution in [0.1, 0.15) is 69.4 Å². The maximum atomic E-state index is 13.5. The first-order chi connectivity index (χ1) is 17.7. The Kier molecular flexibility index (Phi) is 9.76. The van der Waals surface area contributed by atoms with E-state index in [1.165, 1.54) is 32.1 Å². The predicted octanol–water partition coefficient (Wildman–Crippen LogP) is 4.50. The molecule has 1 aromatic carbocycles. The first kappa shape index (κ1) is 28.2. The number of ether oxygens (including phenoxy) is 2. The minimum absolute atomic E-state index is 0.0118. The summed E-state index contributed by atoms with van der Waals surface area (Å²) in [5.74, 6) is 1.58. The van der Waals surface area contributed by atoms with Gasteiger partial charge in [-0.2, -0.15) is 0 Å². The van der Waals surface area contributed by atoms with Gasteiger partial charge in [0.1, 0.15) is 18.0 Å². The lowest BCUT2D eigenvalue weighted by atomic mass is 9.88. The Hall–Kier alpha value is -1.83. The van der Waals surface area contributed by atoms with Gasteiger partial charge in [0.2, 0.25) is 11.8 Å². The van der Waals surface area contributed by atoms with E-state index in [1.807, 2.05) is 30.9 Å². The Bertz CT molecular complexity index is 920. The molecule has 2 heterocycles. The number of carbonyl (C=O) groups excluding carboxylic acids is 2. The van der Waals surface area contributed by atoms with Gasteiger partial charge >= 0.3 is 0 Å². The van der Waals surface area contributed by atoms with E-state index < -0.39 is 5.60 Å². The smallest absolute Gasteiger partial charge is 0.225 e. The number of morpholine rings is 1. The zero-order chi connectivity index (χ0) is 26.4. The van der Waals surface area contributed by atoms with Gasteiger partial charge in [0.25, 0.3) is 0 Å². The lowest BCUT2D eigenvalue weighted by Crippen LogP contribution is -2.58. The summed E-state index contributed by atoms with van der Waals surface area (Å²) in [6.07, 6.45) is 8.46. The molecule has 0 spiro atoms. The highest BCUT2D eigenvalue weighted by Crippen LogP contribution is 2.31. The maximum absolute atomic E-state index is 13.5. The van der Waals surface area contributed by atoms with Gasteiger partial charge in [0, 0.05) is 50.7 Å². The van der Waals surface area contributed by atoms with E-state index in [0.29, 0.717) is 39.3 Å². The molecule has 3 fully saturated rings. The van der Waals surface area contributed by atoms with Crippen molar-refractivity contribution in [1.29, 1.82) is 0 Å². The van der Waals surface area contributed by atoms with Gasteiger partial charge in [-0.25, -0.2) is 0 Å². The number of benzene rings is 1. The summed E-state index contributed by atoms with van der Waals surface area (Å²) in [5.41, 5.74) is 1.26. The van der Waals surface area contributed by atoms with Crippen molar-refractivity contribution in [1.82, 2.24) is 15.1 Å². The van der Waals surface area contributed by atoms with Crippen LogP contribution in [0.3, 0.4) is 0 Å². The van der Waals surface area contributed by atoms with E-state index >= 15 is 0 Å². The SMILES string of the molecule is CC(=O)NC1CCN(C(=O)CC2(COc3cc(C)c(Cl)c(C)c3)CN(CC3CCCCC3)CCO2)CC1. The summed E-state index contributed by atoms with van der Waals surface area (Å²) in [7, 11) is 0. The van der Waals surface area contributed by atoms with Crippen LogP contribution in [0.2, 0.25) is 5.02 Å². The highest BCUT2D eigenvalue weighted by molar-refractivity contribution is 6.32. The normalized spacial score (nSPS) is 24.2. The zero-order valence-corrected chi connectivity index (χ0v) is 23.6. The van der Waals surface area contributed by atoms with E-state index in [2.05, 4.69) is 10.2 Å². The lowest BCUT2D eigenvalue weighted by molar-refractivity contribution is -0.157. The summed E-state index contributed by atoms with van der Waals surface area (Å²) in [5, 5.41) is 3.75. The number of nitrogens with zero attached hydrogens (tertiary/aromatic N) is 2. The second-order valence-electron chi connectivity index (χ2n) is 11.5. The van der Waals surface area contributed by atoms with E-state index in [1.54, 1.807) is 6.92 Å². The minimum atomic E-state index is -0.695. The van der Waals surface area contributed by atoms with Crippen LogP contribution >= 0.6 is 11.6 Å². The highest BCUT2D eigenvalue weighted by Gasteiger charge is 2.42. The standard InChI is InChI=1S/C29H44ClN3O4/c1-21-15-26(16-22(2)28(21)30)36-20-29(17-27(35)33-11-9-25(10-12-33)31-23(3)34)19-32(13-14-37-29)18-24-7-5-4-6-8-24/h15-16,24-25H,4-14,17-20H2,1-3H3,(H,31,34). The molecule has 2 aliphatic heterocycles. The van der Waals surface area contributed by atoms with E-state index in [9.17, 15) is 9.59 Å². The van der Waals surface area contributed by atoms with Crippen molar-refractivity contribution in [3.8, 4) is 5.75 Å². The van der Waals surface area contributed by atoms with Crippen molar-refractivity contribution < 1.29 is 19.1 Å². The second kappa shape index (κ2) is 12.8. The first-order valence-electron chi connectivity index (χ1n) is 14.0. The molecule has 0 bridgehead atoms. The molecule has 1 atom stereocenters. The number of aryl methyl sites for hydroxylation is 2. The van der Waals surface area contributed by atoms with Gasteiger partial charge in [0.05, 0.1) is 13.0 Å². The Morgan fingerprint density at radius 3 is 2.41 bits per heavy atom. The van der Waals surface area contributed by atoms with Gasteiger partial charge in [0.15, 0.2) is 0 Å². The topological polar surface area (TPSA) is 71.1 Å². The maximum Gasteiger partial charge on any atom is 0.225 e. The molecule has 1 saturated carbocycles. The van der Waals surface area contributed by atoms with Crippen LogP contribution in [-0.4, -0.2) is 79.2 Å². The molecule has 3 aliphatic rings. The third-order valence-electron chi connectivity index (χ3n) is 8.21. The second-order valence-corrected chi connectivity index (χ2v) is 11.8. The van der Waals surface area contributed by atoms with Crippen LogP contribution < -0.4 is 10.1 Å². The number of rotatable bonds is 8. The molecular formula is C29H44ClN3O4. The average molecular weight is 534 g/mol. The predicted molar refractivity (Wildman–Crippen MR) is 146 cm³/mol. The molecule has 7 nitrogen and oxygen atoms in total. The average Bonchev–Trinajstić information content (AvgIpc) is 2.87. The van der Waals surface area contributed by atoms with Gasteiger partial charge in [-0.05, 0) is 68.7 Å². The number of nitrogens with one attached hydrogen (secondary N) is 1. The molecule has 1 N–H and O–H groups in total. The number of hydrogen-bond donors (Lipinski definition) is 1. The minimum Gasteiger partial charge on any atom is -0.490 e. The number of hydrogen-bond acceptors (Lipinski definition) is 5. The molecule has 1 aliphatic carbocycles. The molecule has 2 amide bonds. The Morgan fingerprint density at radius 2 is 1.76 bits per heavy atom. The summed E-state index contributed by atoms with van der Waals surface area (Å²) < 4.78 is 12.8. The Morgan fingerprint density at radius 1 is 1.08 bits per heavy atom.